The van der Waals surface area contributed by atoms with Crippen LogP contribution in [0.4, 0.5) is 10.8 Å². The van der Waals surface area contributed by atoms with Gasteiger partial charge in [-0.25, -0.2) is 4.98 Å². The molecule has 0 saturated carbocycles. The zero-order valence-corrected chi connectivity index (χ0v) is 12.4. The molecule has 102 valence electrons. The zero-order valence-electron chi connectivity index (χ0n) is 10.8. The van der Waals surface area contributed by atoms with E-state index < -0.39 is 0 Å². The highest BCUT2D eigenvalue weighted by Crippen LogP contribution is 2.28. The van der Waals surface area contributed by atoms with Gasteiger partial charge in [0, 0.05) is 37.8 Å². The number of hydrogen-bond acceptors (Lipinski definition) is 5. The van der Waals surface area contributed by atoms with Crippen LogP contribution in [-0.2, 0) is 0 Å². The molecule has 1 aromatic carbocycles. The molecule has 20 heavy (non-hydrogen) atoms. The van der Waals surface area contributed by atoms with E-state index in [0.29, 0.717) is 10.6 Å². The third-order valence-corrected chi connectivity index (χ3v) is 4.52. The number of piperazine rings is 1. The second-order valence-electron chi connectivity index (χ2n) is 4.57. The summed E-state index contributed by atoms with van der Waals surface area (Å²) in [6, 6.07) is 7.58. The van der Waals surface area contributed by atoms with E-state index in [1.165, 1.54) is 0 Å². The zero-order chi connectivity index (χ0) is 13.9. The lowest BCUT2D eigenvalue weighted by atomic mass is 10.2. The SMILES string of the molecule is N#Cc1ccc(N2CCN(c3nccs3)CC2)c(Cl)c1. The second-order valence-corrected chi connectivity index (χ2v) is 5.85. The number of nitriles is 1. The predicted octanol–water partition coefficient (Wildman–Crippen LogP) is 2.99. The largest absolute Gasteiger partial charge is 0.367 e. The van der Waals surface area contributed by atoms with E-state index in [-0.39, 0.29) is 0 Å². The van der Waals surface area contributed by atoms with Crippen LogP contribution in [0, 0.1) is 11.3 Å². The Labute approximate surface area is 126 Å². The average Bonchev–Trinajstić information content (AvgIpc) is 3.01. The van der Waals surface area contributed by atoms with E-state index in [2.05, 4.69) is 20.9 Å². The highest BCUT2D eigenvalue weighted by atomic mass is 35.5. The summed E-state index contributed by atoms with van der Waals surface area (Å²) < 4.78 is 0. The van der Waals surface area contributed by atoms with Crippen LogP contribution in [0.15, 0.2) is 29.8 Å². The number of hydrogen-bond donors (Lipinski definition) is 0. The summed E-state index contributed by atoms with van der Waals surface area (Å²) in [5.74, 6) is 0. The number of rotatable bonds is 2. The van der Waals surface area contributed by atoms with Gasteiger partial charge in [0.25, 0.3) is 0 Å². The fourth-order valence-corrected chi connectivity index (χ4v) is 3.34. The quantitative estimate of drug-likeness (QED) is 0.855. The molecular weight excluding hydrogens is 292 g/mol. The molecule has 1 saturated heterocycles. The molecule has 0 atom stereocenters. The van der Waals surface area contributed by atoms with Gasteiger partial charge in [-0.2, -0.15) is 5.26 Å². The molecule has 1 aliphatic rings. The van der Waals surface area contributed by atoms with Gasteiger partial charge in [0.2, 0.25) is 0 Å². The predicted molar refractivity (Wildman–Crippen MR) is 82.7 cm³/mol. The van der Waals surface area contributed by atoms with Crippen molar-refractivity contribution in [1.82, 2.24) is 4.98 Å². The van der Waals surface area contributed by atoms with Crippen molar-refractivity contribution in [2.75, 3.05) is 36.0 Å². The van der Waals surface area contributed by atoms with Crippen molar-refractivity contribution in [3.05, 3.63) is 40.4 Å². The highest BCUT2D eigenvalue weighted by Gasteiger charge is 2.20. The molecule has 0 amide bonds. The van der Waals surface area contributed by atoms with E-state index in [1.807, 2.05) is 23.7 Å². The number of aromatic nitrogens is 1. The van der Waals surface area contributed by atoms with Crippen LogP contribution in [0.2, 0.25) is 5.02 Å². The maximum Gasteiger partial charge on any atom is 0.185 e. The lowest BCUT2D eigenvalue weighted by Gasteiger charge is -2.36. The topological polar surface area (TPSA) is 43.2 Å². The molecular formula is C14H13ClN4S. The third kappa shape index (κ3) is 2.58. The smallest absolute Gasteiger partial charge is 0.185 e. The van der Waals surface area contributed by atoms with Crippen LogP contribution in [-0.4, -0.2) is 31.2 Å². The van der Waals surface area contributed by atoms with Crippen LogP contribution >= 0.6 is 22.9 Å². The number of halogens is 1. The van der Waals surface area contributed by atoms with Gasteiger partial charge in [0.15, 0.2) is 5.13 Å². The number of thiazole rings is 1. The van der Waals surface area contributed by atoms with Crippen molar-refractivity contribution in [1.29, 1.82) is 5.26 Å². The molecule has 0 aliphatic carbocycles. The molecule has 1 aromatic heterocycles. The minimum absolute atomic E-state index is 0.597. The summed E-state index contributed by atoms with van der Waals surface area (Å²) in [6.07, 6.45) is 1.84. The first kappa shape index (κ1) is 13.2. The van der Waals surface area contributed by atoms with E-state index >= 15 is 0 Å². The fourth-order valence-electron chi connectivity index (χ4n) is 2.34. The Kier molecular flexibility index (Phi) is 3.77. The summed E-state index contributed by atoms with van der Waals surface area (Å²) in [7, 11) is 0. The highest BCUT2D eigenvalue weighted by molar-refractivity contribution is 7.13. The Morgan fingerprint density at radius 2 is 1.95 bits per heavy atom. The summed E-state index contributed by atoms with van der Waals surface area (Å²) in [4.78, 5) is 8.89. The summed E-state index contributed by atoms with van der Waals surface area (Å²) >= 11 is 7.93. The molecule has 6 heteroatoms. The van der Waals surface area contributed by atoms with Crippen LogP contribution in [0.3, 0.4) is 0 Å². The molecule has 1 fully saturated rings. The van der Waals surface area contributed by atoms with Gasteiger partial charge in [-0.15, -0.1) is 11.3 Å². The van der Waals surface area contributed by atoms with Crippen molar-refractivity contribution < 1.29 is 0 Å². The maximum absolute atomic E-state index is 8.87. The van der Waals surface area contributed by atoms with Gasteiger partial charge >= 0.3 is 0 Å². The average molecular weight is 305 g/mol. The molecule has 0 radical (unpaired) electrons. The van der Waals surface area contributed by atoms with Crippen molar-refractivity contribution in [3.8, 4) is 6.07 Å². The van der Waals surface area contributed by atoms with E-state index in [9.17, 15) is 0 Å². The summed E-state index contributed by atoms with van der Waals surface area (Å²) in [5.41, 5.74) is 1.60. The first-order chi connectivity index (χ1) is 9.78. The summed E-state index contributed by atoms with van der Waals surface area (Å²) in [5, 5.41) is 12.6. The molecule has 4 nitrogen and oxygen atoms in total. The van der Waals surface area contributed by atoms with Crippen LogP contribution in [0.5, 0.6) is 0 Å². The molecule has 1 aliphatic heterocycles. The van der Waals surface area contributed by atoms with Gasteiger partial charge in [-0.3, -0.25) is 0 Å². The molecule has 0 bridgehead atoms. The normalized spacial score (nSPS) is 15.2. The Bertz CT molecular complexity index is 627. The Balaban J connectivity index is 1.71. The van der Waals surface area contributed by atoms with Gasteiger partial charge in [0.1, 0.15) is 0 Å². The lowest BCUT2D eigenvalue weighted by Crippen LogP contribution is -2.46. The van der Waals surface area contributed by atoms with Crippen LogP contribution < -0.4 is 9.80 Å². The summed E-state index contributed by atoms with van der Waals surface area (Å²) in [6.45, 7) is 3.68. The number of benzene rings is 1. The monoisotopic (exact) mass is 304 g/mol. The van der Waals surface area contributed by atoms with Crippen molar-refractivity contribution in [2.24, 2.45) is 0 Å². The number of anilines is 2. The number of nitrogens with zero attached hydrogens (tertiary/aromatic N) is 4. The molecule has 0 N–H and O–H groups in total. The first-order valence-electron chi connectivity index (χ1n) is 6.37. The van der Waals surface area contributed by atoms with Crippen LogP contribution in [0.1, 0.15) is 5.56 Å². The third-order valence-electron chi connectivity index (χ3n) is 3.39. The van der Waals surface area contributed by atoms with Crippen molar-refractivity contribution in [2.45, 2.75) is 0 Å². The molecule has 0 spiro atoms. The Morgan fingerprint density at radius 3 is 2.55 bits per heavy atom. The van der Waals surface area contributed by atoms with Gasteiger partial charge < -0.3 is 9.80 Å². The molecule has 3 rings (SSSR count). The van der Waals surface area contributed by atoms with Crippen molar-refractivity contribution >= 4 is 33.8 Å². The Morgan fingerprint density at radius 1 is 1.20 bits per heavy atom. The lowest BCUT2D eigenvalue weighted by molar-refractivity contribution is 0.652. The van der Waals surface area contributed by atoms with Gasteiger partial charge in [0.05, 0.1) is 22.3 Å². The van der Waals surface area contributed by atoms with Crippen molar-refractivity contribution in [3.63, 3.8) is 0 Å². The van der Waals surface area contributed by atoms with Gasteiger partial charge in [-0.05, 0) is 18.2 Å². The molecule has 2 aromatic rings. The minimum Gasteiger partial charge on any atom is -0.367 e. The Hall–Kier alpha value is -1.77. The standard InChI is InChI=1S/C14H13ClN4S/c15-12-9-11(10-16)1-2-13(12)18-4-6-19(7-5-18)14-17-3-8-20-14/h1-3,8-9H,4-7H2. The maximum atomic E-state index is 8.87. The van der Waals surface area contributed by atoms with Gasteiger partial charge in [-0.1, -0.05) is 11.6 Å². The first-order valence-corrected chi connectivity index (χ1v) is 7.63. The van der Waals surface area contributed by atoms with E-state index in [0.717, 1.165) is 37.0 Å². The second kappa shape index (κ2) is 5.70. The van der Waals surface area contributed by atoms with Crippen LogP contribution in [0.25, 0.3) is 0 Å². The van der Waals surface area contributed by atoms with E-state index in [4.69, 9.17) is 16.9 Å². The molecule has 2 heterocycles. The van der Waals surface area contributed by atoms with E-state index in [1.54, 1.807) is 17.4 Å². The fraction of sp³-hybridized carbons (Fsp3) is 0.286. The minimum atomic E-state index is 0.597. The molecule has 0 unspecified atom stereocenters.